The predicted molar refractivity (Wildman–Crippen MR) is 30.4 cm³/mol. The summed E-state index contributed by atoms with van der Waals surface area (Å²) in [5, 5.41) is 3.90. The summed E-state index contributed by atoms with van der Waals surface area (Å²) < 4.78 is 8.05. The Hall–Kier alpha value is 0.580. The minimum absolute atomic E-state index is 0.817. The first-order valence-corrected chi connectivity index (χ1v) is 2.95. The van der Waals surface area contributed by atoms with Crippen LogP contribution >= 0.6 is 25.0 Å². The van der Waals surface area contributed by atoms with Crippen molar-refractivity contribution in [2.45, 2.75) is 6.92 Å². The second kappa shape index (κ2) is 6.58. The van der Waals surface area contributed by atoms with Crippen LogP contribution in [0.4, 0.5) is 0 Å². The highest BCUT2D eigenvalue weighted by Gasteiger charge is 1.81. The van der Waals surface area contributed by atoms with E-state index < -0.39 is 0 Å². The largest absolute Gasteiger partial charge is 0.135 e. The van der Waals surface area contributed by atoms with Crippen molar-refractivity contribution in [3.8, 4) is 0 Å². The summed E-state index contributed by atoms with van der Waals surface area (Å²) in [6, 6.07) is 0. The zero-order valence-corrected chi connectivity index (χ0v) is 5.50. The van der Waals surface area contributed by atoms with Crippen LogP contribution in [-0.2, 0) is 13.7 Å². The Morgan fingerprint density at radius 3 is 2.86 bits per heavy atom. The van der Waals surface area contributed by atoms with Crippen LogP contribution in [0.2, 0.25) is 0 Å². The molecule has 3 nitrogen and oxygen atoms in total. The number of thiol groups is 1. The van der Waals surface area contributed by atoms with Gasteiger partial charge in [0.05, 0.1) is 0 Å². The molecule has 0 aliphatic carbocycles. The summed E-state index contributed by atoms with van der Waals surface area (Å²) >= 11 is 4.37. The van der Waals surface area contributed by atoms with E-state index in [-0.39, 0.29) is 0 Å². The lowest BCUT2D eigenvalue weighted by Crippen LogP contribution is -1.79. The van der Waals surface area contributed by atoms with Crippen molar-refractivity contribution < 1.29 is 13.7 Å². The highest BCUT2D eigenvalue weighted by atomic mass is 32.2. The molecule has 5 heteroatoms. The van der Waals surface area contributed by atoms with Crippen molar-refractivity contribution in [2.24, 2.45) is 0 Å². The number of hydrogen-bond donors (Lipinski definition) is 1. The molecule has 44 valence electrons. The van der Waals surface area contributed by atoms with Crippen molar-refractivity contribution in [3.05, 3.63) is 0 Å². The Morgan fingerprint density at radius 1 is 1.71 bits per heavy atom. The highest BCUT2D eigenvalue weighted by molar-refractivity contribution is 7.94. The van der Waals surface area contributed by atoms with E-state index >= 15 is 0 Å². The van der Waals surface area contributed by atoms with Gasteiger partial charge < -0.3 is 0 Å². The maximum Gasteiger partial charge on any atom is 0.0343 e. The molecule has 0 radical (unpaired) electrons. The Balaban J connectivity index is 2.45. The number of rotatable bonds is 4. The van der Waals surface area contributed by atoms with Gasteiger partial charge in [0.1, 0.15) is 0 Å². The molecule has 0 aliphatic rings. The quantitative estimate of drug-likeness (QED) is 0.211. The van der Waals surface area contributed by atoms with E-state index in [1.807, 2.05) is 6.92 Å². The molecule has 0 aromatic heterocycles. The SMILES string of the molecule is CCSOOOS. The molecule has 0 aromatic rings. The van der Waals surface area contributed by atoms with E-state index in [2.05, 4.69) is 26.6 Å². The molecule has 0 spiro atoms. The molecule has 0 atom stereocenters. The van der Waals surface area contributed by atoms with Gasteiger partial charge >= 0.3 is 0 Å². The van der Waals surface area contributed by atoms with Crippen LogP contribution in [0.15, 0.2) is 0 Å². The van der Waals surface area contributed by atoms with Crippen molar-refractivity contribution in [1.29, 1.82) is 0 Å². The lowest BCUT2D eigenvalue weighted by atomic mass is 11.0. The molecule has 0 N–H and O–H groups in total. The van der Waals surface area contributed by atoms with E-state index in [1.165, 1.54) is 0 Å². The molecular formula is C2H6O3S2. The fourth-order valence-corrected chi connectivity index (χ4v) is 0.315. The Kier molecular flexibility index (Phi) is 7.13. The summed E-state index contributed by atoms with van der Waals surface area (Å²) in [5.74, 6) is 0.817. The topological polar surface area (TPSA) is 27.7 Å². The zero-order valence-electron chi connectivity index (χ0n) is 3.79. The molecule has 0 bridgehead atoms. The van der Waals surface area contributed by atoms with Gasteiger partial charge in [-0.25, -0.2) is 0 Å². The fraction of sp³-hybridized carbons (Fsp3) is 1.00. The Bertz CT molecular complexity index is 30.1. The third-order valence-corrected chi connectivity index (χ3v) is 0.673. The summed E-state index contributed by atoms with van der Waals surface area (Å²) in [6.07, 6.45) is 0. The second-order valence-electron chi connectivity index (χ2n) is 0.617. The van der Waals surface area contributed by atoms with Crippen molar-refractivity contribution in [2.75, 3.05) is 5.75 Å². The van der Waals surface area contributed by atoms with Crippen LogP contribution in [0.5, 0.6) is 0 Å². The van der Waals surface area contributed by atoms with E-state index in [1.54, 1.807) is 0 Å². The van der Waals surface area contributed by atoms with Gasteiger partial charge in [0.15, 0.2) is 0 Å². The van der Waals surface area contributed by atoms with Crippen LogP contribution in [0.1, 0.15) is 6.92 Å². The molecule has 0 fully saturated rings. The van der Waals surface area contributed by atoms with Gasteiger partial charge in [0, 0.05) is 30.7 Å². The molecular weight excluding hydrogens is 136 g/mol. The van der Waals surface area contributed by atoms with Gasteiger partial charge in [-0.1, -0.05) is 6.92 Å². The summed E-state index contributed by atoms with van der Waals surface area (Å²) in [7, 11) is 0. The van der Waals surface area contributed by atoms with Crippen LogP contribution in [0.25, 0.3) is 0 Å². The first-order chi connectivity index (χ1) is 3.41. The molecule has 7 heavy (non-hydrogen) atoms. The summed E-state index contributed by atoms with van der Waals surface area (Å²) in [6.45, 7) is 1.92. The molecule has 0 amide bonds. The average Bonchev–Trinajstić information content (AvgIpc) is 1.69. The predicted octanol–water partition coefficient (Wildman–Crippen LogP) is 1.38. The van der Waals surface area contributed by atoms with Gasteiger partial charge in [0.2, 0.25) is 0 Å². The van der Waals surface area contributed by atoms with Gasteiger partial charge in [-0.3, -0.25) is 0 Å². The molecule has 0 rings (SSSR count). The first-order valence-electron chi connectivity index (χ1n) is 1.68. The Labute approximate surface area is 52.0 Å². The molecule has 0 aliphatic heterocycles. The van der Waals surface area contributed by atoms with E-state index in [4.69, 9.17) is 0 Å². The molecule has 0 saturated heterocycles. The van der Waals surface area contributed by atoms with E-state index in [9.17, 15) is 0 Å². The van der Waals surface area contributed by atoms with Crippen LogP contribution in [-0.4, -0.2) is 5.75 Å². The maximum atomic E-state index is 4.25. The van der Waals surface area contributed by atoms with Crippen molar-refractivity contribution in [3.63, 3.8) is 0 Å². The fourth-order valence-electron chi connectivity index (χ4n) is 0.0802. The van der Waals surface area contributed by atoms with Gasteiger partial charge in [-0.2, -0.15) is 0 Å². The monoisotopic (exact) mass is 142 g/mol. The minimum atomic E-state index is 0.817. The zero-order chi connectivity index (χ0) is 5.54. The third-order valence-electron chi connectivity index (χ3n) is 0.224. The summed E-state index contributed by atoms with van der Waals surface area (Å²) in [4.78, 5) is 0. The average molecular weight is 142 g/mol. The lowest BCUT2D eigenvalue weighted by Gasteiger charge is -1.90. The van der Waals surface area contributed by atoms with Crippen molar-refractivity contribution in [1.82, 2.24) is 0 Å². The number of hydrogen-bond acceptors (Lipinski definition) is 5. The third kappa shape index (κ3) is 6.58. The smallest absolute Gasteiger partial charge is 0.0343 e. The van der Waals surface area contributed by atoms with Gasteiger partial charge in [-0.05, 0) is 5.04 Å². The normalized spacial score (nSPS) is 9.43. The van der Waals surface area contributed by atoms with Crippen molar-refractivity contribution >= 4 is 25.0 Å². The highest BCUT2D eigenvalue weighted by Crippen LogP contribution is 2.01. The minimum Gasteiger partial charge on any atom is -0.135 e. The first kappa shape index (κ1) is 7.58. The standard InChI is InChI=1S/C2H6O3S2/c1-2-7-5-3-4-6/h6H,2H2,1H3. The summed E-state index contributed by atoms with van der Waals surface area (Å²) in [5.41, 5.74) is 0. The second-order valence-corrected chi connectivity index (χ2v) is 1.72. The molecule has 0 unspecified atom stereocenters. The molecule has 0 aromatic carbocycles. The van der Waals surface area contributed by atoms with Crippen LogP contribution < -0.4 is 0 Å². The molecule has 0 heterocycles. The van der Waals surface area contributed by atoms with Crippen LogP contribution in [0.3, 0.4) is 0 Å². The Morgan fingerprint density at radius 2 is 2.43 bits per heavy atom. The maximum absolute atomic E-state index is 4.25. The van der Waals surface area contributed by atoms with Gasteiger partial charge in [0.25, 0.3) is 0 Å². The lowest BCUT2D eigenvalue weighted by molar-refractivity contribution is -0.394. The van der Waals surface area contributed by atoms with E-state index in [0.29, 0.717) is 0 Å². The van der Waals surface area contributed by atoms with E-state index in [0.717, 1.165) is 17.8 Å². The molecule has 0 saturated carbocycles. The van der Waals surface area contributed by atoms with Crippen LogP contribution in [0, 0.1) is 0 Å². The van der Waals surface area contributed by atoms with Gasteiger partial charge in [-0.15, -0.1) is 8.67 Å².